The molecule has 5 nitrogen and oxygen atoms in total. The second kappa shape index (κ2) is 6.72. The molecule has 1 aliphatic heterocycles. The number of hydrogen-bond acceptors (Lipinski definition) is 5. The Morgan fingerprint density at radius 1 is 1.43 bits per heavy atom. The van der Waals surface area contributed by atoms with Crippen molar-refractivity contribution >= 4 is 0 Å². The molecule has 0 spiro atoms. The van der Waals surface area contributed by atoms with Crippen LogP contribution < -0.4 is 10.1 Å². The molecule has 1 saturated heterocycles. The van der Waals surface area contributed by atoms with Gasteiger partial charge in [0.1, 0.15) is 5.75 Å². The Balaban J connectivity index is 1.64. The van der Waals surface area contributed by atoms with Crippen LogP contribution in [0.15, 0.2) is 28.8 Å². The maximum atomic E-state index is 5.50. The number of nitrogens with one attached hydrogen (secondary N) is 1. The lowest BCUT2D eigenvalue weighted by molar-refractivity contribution is 0.340. The third-order valence-electron chi connectivity index (χ3n) is 3.80. The van der Waals surface area contributed by atoms with Crippen LogP contribution in [0.4, 0.5) is 0 Å². The highest BCUT2D eigenvalue weighted by Gasteiger charge is 2.16. The molecule has 1 aromatic carbocycles. The molecule has 1 unspecified atom stereocenters. The van der Waals surface area contributed by atoms with Crippen molar-refractivity contribution in [3.8, 4) is 17.1 Å². The molecule has 0 amide bonds. The summed E-state index contributed by atoms with van der Waals surface area (Å²) < 4.78 is 10.9. The number of aromatic nitrogens is 2. The standard InChI is InChI=1S/C16H21N3O2/c1-2-20-14-5-3-4-13(10-14)16-18-15(21-19-16)7-6-12-8-9-17-11-12/h3-5,10,12,17H,2,6-9,11H2,1H3. The number of nitrogens with zero attached hydrogens (tertiary/aromatic N) is 2. The molecular weight excluding hydrogens is 266 g/mol. The minimum atomic E-state index is 0.635. The van der Waals surface area contributed by atoms with E-state index in [2.05, 4.69) is 15.5 Å². The summed E-state index contributed by atoms with van der Waals surface area (Å²) in [5.41, 5.74) is 0.929. The van der Waals surface area contributed by atoms with Gasteiger partial charge in [-0.05, 0) is 50.9 Å². The summed E-state index contributed by atoms with van der Waals surface area (Å²) >= 11 is 0. The molecule has 1 atom stereocenters. The van der Waals surface area contributed by atoms with Gasteiger partial charge in [-0.3, -0.25) is 0 Å². The molecule has 1 N–H and O–H groups in total. The van der Waals surface area contributed by atoms with Crippen molar-refractivity contribution in [1.82, 2.24) is 15.5 Å². The maximum Gasteiger partial charge on any atom is 0.226 e. The second-order valence-electron chi connectivity index (χ2n) is 5.37. The van der Waals surface area contributed by atoms with Crippen LogP contribution in [0.25, 0.3) is 11.4 Å². The van der Waals surface area contributed by atoms with E-state index < -0.39 is 0 Å². The first kappa shape index (κ1) is 14.1. The van der Waals surface area contributed by atoms with Gasteiger partial charge in [0, 0.05) is 12.0 Å². The third kappa shape index (κ3) is 3.61. The van der Waals surface area contributed by atoms with E-state index in [1.807, 2.05) is 31.2 Å². The van der Waals surface area contributed by atoms with Gasteiger partial charge >= 0.3 is 0 Å². The minimum absolute atomic E-state index is 0.635. The van der Waals surface area contributed by atoms with Crippen LogP contribution >= 0.6 is 0 Å². The summed E-state index contributed by atoms with van der Waals surface area (Å²) in [4.78, 5) is 4.49. The zero-order valence-electron chi connectivity index (χ0n) is 12.3. The van der Waals surface area contributed by atoms with Crippen molar-refractivity contribution in [2.24, 2.45) is 5.92 Å². The predicted molar refractivity (Wildman–Crippen MR) is 80.2 cm³/mol. The molecule has 5 heteroatoms. The summed E-state index contributed by atoms with van der Waals surface area (Å²) in [7, 11) is 0. The van der Waals surface area contributed by atoms with Gasteiger partial charge in [-0.25, -0.2) is 0 Å². The van der Waals surface area contributed by atoms with Gasteiger partial charge < -0.3 is 14.6 Å². The zero-order chi connectivity index (χ0) is 14.5. The Morgan fingerprint density at radius 3 is 3.19 bits per heavy atom. The second-order valence-corrected chi connectivity index (χ2v) is 5.37. The SMILES string of the molecule is CCOc1cccc(-c2noc(CCC3CCNC3)n2)c1. The van der Waals surface area contributed by atoms with Crippen molar-refractivity contribution in [1.29, 1.82) is 0 Å². The first-order chi connectivity index (χ1) is 10.3. The fourth-order valence-corrected chi connectivity index (χ4v) is 2.65. The van der Waals surface area contributed by atoms with E-state index in [0.29, 0.717) is 12.4 Å². The number of aryl methyl sites for hydroxylation is 1. The van der Waals surface area contributed by atoms with Crippen LogP contribution in [-0.4, -0.2) is 29.8 Å². The molecule has 0 radical (unpaired) electrons. The predicted octanol–water partition coefficient (Wildman–Crippen LogP) is 2.68. The molecule has 1 aliphatic rings. The molecule has 21 heavy (non-hydrogen) atoms. The van der Waals surface area contributed by atoms with Crippen molar-refractivity contribution in [2.45, 2.75) is 26.2 Å². The highest BCUT2D eigenvalue weighted by Crippen LogP contribution is 2.22. The van der Waals surface area contributed by atoms with Gasteiger partial charge in [-0.2, -0.15) is 4.98 Å². The Hall–Kier alpha value is -1.88. The lowest BCUT2D eigenvalue weighted by atomic mass is 10.0. The molecule has 112 valence electrons. The van der Waals surface area contributed by atoms with Crippen molar-refractivity contribution in [3.05, 3.63) is 30.2 Å². The maximum absolute atomic E-state index is 5.50. The molecule has 2 aromatic rings. The number of rotatable bonds is 6. The Morgan fingerprint density at radius 2 is 2.38 bits per heavy atom. The van der Waals surface area contributed by atoms with E-state index >= 15 is 0 Å². The number of ether oxygens (including phenoxy) is 1. The van der Waals surface area contributed by atoms with Gasteiger partial charge in [0.25, 0.3) is 0 Å². The van der Waals surface area contributed by atoms with Gasteiger partial charge in [0.05, 0.1) is 6.61 Å². The fraction of sp³-hybridized carbons (Fsp3) is 0.500. The number of benzene rings is 1. The third-order valence-corrected chi connectivity index (χ3v) is 3.80. The normalized spacial score (nSPS) is 18.0. The van der Waals surface area contributed by atoms with Crippen LogP contribution in [0.5, 0.6) is 5.75 Å². The molecule has 1 fully saturated rings. The molecule has 3 rings (SSSR count). The Labute approximate surface area is 124 Å². The van der Waals surface area contributed by atoms with E-state index in [0.717, 1.165) is 49.1 Å². The van der Waals surface area contributed by atoms with Gasteiger partial charge in [-0.15, -0.1) is 0 Å². The monoisotopic (exact) mass is 287 g/mol. The van der Waals surface area contributed by atoms with Crippen molar-refractivity contribution < 1.29 is 9.26 Å². The highest BCUT2D eigenvalue weighted by molar-refractivity contribution is 5.56. The lowest BCUT2D eigenvalue weighted by Gasteiger charge is -2.04. The molecule has 0 bridgehead atoms. The molecule has 0 saturated carbocycles. The van der Waals surface area contributed by atoms with Gasteiger partial charge in [0.15, 0.2) is 0 Å². The van der Waals surface area contributed by atoms with Gasteiger partial charge in [-0.1, -0.05) is 17.3 Å². The first-order valence-corrected chi connectivity index (χ1v) is 7.61. The van der Waals surface area contributed by atoms with E-state index in [1.165, 1.54) is 6.42 Å². The lowest BCUT2D eigenvalue weighted by Crippen LogP contribution is -2.09. The topological polar surface area (TPSA) is 60.2 Å². The van der Waals surface area contributed by atoms with Gasteiger partial charge in [0.2, 0.25) is 11.7 Å². The summed E-state index contributed by atoms with van der Waals surface area (Å²) in [6.07, 6.45) is 3.20. The average Bonchev–Trinajstić information content (AvgIpc) is 3.17. The van der Waals surface area contributed by atoms with Crippen molar-refractivity contribution in [2.75, 3.05) is 19.7 Å². The molecule has 2 heterocycles. The smallest absolute Gasteiger partial charge is 0.226 e. The molecule has 1 aromatic heterocycles. The van der Waals surface area contributed by atoms with E-state index in [-0.39, 0.29) is 0 Å². The van der Waals surface area contributed by atoms with Crippen LogP contribution in [0.3, 0.4) is 0 Å². The van der Waals surface area contributed by atoms with Crippen molar-refractivity contribution in [3.63, 3.8) is 0 Å². The quantitative estimate of drug-likeness (QED) is 0.885. The summed E-state index contributed by atoms with van der Waals surface area (Å²) in [5, 5.41) is 7.45. The van der Waals surface area contributed by atoms with E-state index in [1.54, 1.807) is 0 Å². The summed E-state index contributed by atoms with van der Waals surface area (Å²) in [6.45, 7) is 4.86. The number of hydrogen-bond donors (Lipinski definition) is 1. The highest BCUT2D eigenvalue weighted by atomic mass is 16.5. The largest absolute Gasteiger partial charge is 0.494 e. The van der Waals surface area contributed by atoms with Crippen LogP contribution in [0.1, 0.15) is 25.7 Å². The van der Waals surface area contributed by atoms with Crippen LogP contribution in [0.2, 0.25) is 0 Å². The minimum Gasteiger partial charge on any atom is -0.494 e. The van der Waals surface area contributed by atoms with E-state index in [9.17, 15) is 0 Å². The zero-order valence-corrected chi connectivity index (χ0v) is 12.3. The fourth-order valence-electron chi connectivity index (χ4n) is 2.65. The summed E-state index contributed by atoms with van der Waals surface area (Å²) in [6, 6.07) is 7.79. The summed E-state index contributed by atoms with van der Waals surface area (Å²) in [5.74, 6) is 2.93. The van der Waals surface area contributed by atoms with Crippen LogP contribution in [-0.2, 0) is 6.42 Å². The Bertz CT molecular complexity index is 576. The van der Waals surface area contributed by atoms with E-state index in [4.69, 9.17) is 9.26 Å². The average molecular weight is 287 g/mol. The Kier molecular flexibility index (Phi) is 4.50. The molecule has 0 aliphatic carbocycles. The molecular formula is C16H21N3O2. The first-order valence-electron chi connectivity index (χ1n) is 7.61. The van der Waals surface area contributed by atoms with Crippen LogP contribution in [0, 0.1) is 5.92 Å².